The Labute approximate surface area is 140 Å². The summed E-state index contributed by atoms with van der Waals surface area (Å²) in [6.45, 7) is 2.78. The van der Waals surface area contributed by atoms with E-state index < -0.39 is 11.9 Å². The number of hydrogen-bond acceptors (Lipinski definition) is 7. The van der Waals surface area contributed by atoms with Crippen LogP contribution in [-0.4, -0.2) is 46.1 Å². The van der Waals surface area contributed by atoms with Gasteiger partial charge in [-0.25, -0.2) is 9.59 Å². The smallest absolute Gasteiger partial charge is 0.355 e. The van der Waals surface area contributed by atoms with Gasteiger partial charge >= 0.3 is 11.9 Å². The Hall–Kier alpha value is -2.54. The number of esters is 2. The molecule has 0 fully saturated rings. The van der Waals surface area contributed by atoms with E-state index in [0.29, 0.717) is 12.3 Å². The molecule has 2 rings (SSSR count). The van der Waals surface area contributed by atoms with Crippen LogP contribution in [0.4, 0.5) is 5.69 Å². The van der Waals surface area contributed by atoms with Crippen LogP contribution in [0.5, 0.6) is 5.75 Å². The molecule has 0 aromatic heterocycles. The van der Waals surface area contributed by atoms with Crippen molar-refractivity contribution in [1.82, 2.24) is 0 Å². The van der Waals surface area contributed by atoms with Gasteiger partial charge in [-0.05, 0) is 30.7 Å². The van der Waals surface area contributed by atoms with Gasteiger partial charge in [0.1, 0.15) is 18.2 Å². The molecule has 0 unspecified atom stereocenters. The SMILES string of the molecule is CCCOc1ccc(N2COCC(C(=O)OC)=C2C(=O)OC)cc1. The molecule has 0 atom stereocenters. The van der Waals surface area contributed by atoms with Crippen LogP contribution in [0.15, 0.2) is 35.5 Å². The molecule has 24 heavy (non-hydrogen) atoms. The summed E-state index contributed by atoms with van der Waals surface area (Å²) in [6, 6.07) is 7.17. The molecule has 0 aliphatic carbocycles. The molecule has 0 amide bonds. The van der Waals surface area contributed by atoms with Crippen molar-refractivity contribution in [3.8, 4) is 5.75 Å². The molecule has 130 valence electrons. The third-order valence-corrected chi connectivity index (χ3v) is 3.45. The van der Waals surface area contributed by atoms with Gasteiger partial charge in [0.25, 0.3) is 0 Å². The second-order valence-corrected chi connectivity index (χ2v) is 5.06. The fourth-order valence-electron chi connectivity index (χ4n) is 2.29. The number of ether oxygens (including phenoxy) is 4. The van der Waals surface area contributed by atoms with E-state index in [9.17, 15) is 9.59 Å². The van der Waals surface area contributed by atoms with Crippen LogP contribution >= 0.6 is 0 Å². The fourth-order valence-corrected chi connectivity index (χ4v) is 2.29. The molecule has 0 saturated carbocycles. The van der Waals surface area contributed by atoms with Crippen molar-refractivity contribution in [1.29, 1.82) is 0 Å². The molecule has 1 heterocycles. The Morgan fingerprint density at radius 1 is 1.12 bits per heavy atom. The summed E-state index contributed by atoms with van der Waals surface area (Å²) in [5, 5.41) is 0. The van der Waals surface area contributed by atoms with Gasteiger partial charge in [-0.3, -0.25) is 0 Å². The molecule has 0 radical (unpaired) electrons. The summed E-state index contributed by atoms with van der Waals surface area (Å²) < 4.78 is 20.5. The van der Waals surface area contributed by atoms with Crippen LogP contribution in [0.1, 0.15) is 13.3 Å². The van der Waals surface area contributed by atoms with E-state index in [0.717, 1.165) is 12.2 Å². The van der Waals surface area contributed by atoms with Crippen molar-refractivity contribution in [3.63, 3.8) is 0 Å². The lowest BCUT2D eigenvalue weighted by atomic mass is 10.1. The van der Waals surface area contributed by atoms with Crippen LogP contribution in [0.25, 0.3) is 0 Å². The molecule has 7 nitrogen and oxygen atoms in total. The van der Waals surface area contributed by atoms with E-state index in [1.807, 2.05) is 6.92 Å². The zero-order valence-corrected chi connectivity index (χ0v) is 14.0. The minimum Gasteiger partial charge on any atom is -0.494 e. The standard InChI is InChI=1S/C17H21NO6/c1-4-9-24-13-7-5-12(6-8-13)18-11-23-10-14(16(19)21-2)15(18)17(20)22-3/h5-8H,4,9-11H2,1-3H3. The van der Waals surface area contributed by atoms with Crippen molar-refractivity contribution in [3.05, 3.63) is 35.5 Å². The summed E-state index contributed by atoms with van der Waals surface area (Å²) >= 11 is 0. The van der Waals surface area contributed by atoms with Crippen molar-refractivity contribution in [2.75, 3.05) is 39.1 Å². The Morgan fingerprint density at radius 3 is 2.38 bits per heavy atom. The molecule has 0 saturated heterocycles. The first kappa shape index (κ1) is 17.8. The maximum atomic E-state index is 12.2. The van der Waals surface area contributed by atoms with E-state index in [1.165, 1.54) is 14.2 Å². The number of carbonyl (C=O) groups is 2. The Morgan fingerprint density at radius 2 is 1.79 bits per heavy atom. The minimum atomic E-state index is -0.622. The average molecular weight is 335 g/mol. The number of rotatable bonds is 6. The Kier molecular flexibility index (Phi) is 6.20. The lowest BCUT2D eigenvalue weighted by Gasteiger charge is -2.31. The van der Waals surface area contributed by atoms with Crippen molar-refractivity contribution in [2.24, 2.45) is 0 Å². The maximum absolute atomic E-state index is 12.2. The monoisotopic (exact) mass is 335 g/mol. The summed E-state index contributed by atoms with van der Waals surface area (Å²) in [6.07, 6.45) is 0.916. The third-order valence-electron chi connectivity index (χ3n) is 3.45. The van der Waals surface area contributed by atoms with Crippen molar-refractivity contribution >= 4 is 17.6 Å². The first-order chi connectivity index (χ1) is 11.6. The molecular weight excluding hydrogens is 314 g/mol. The molecule has 7 heteroatoms. The van der Waals surface area contributed by atoms with Gasteiger partial charge in [0.15, 0.2) is 0 Å². The number of nitrogens with zero attached hydrogens (tertiary/aromatic N) is 1. The van der Waals surface area contributed by atoms with Gasteiger partial charge in [-0.15, -0.1) is 0 Å². The summed E-state index contributed by atoms with van der Waals surface area (Å²) in [7, 11) is 2.52. The molecule has 0 spiro atoms. The number of methoxy groups -OCH3 is 2. The lowest BCUT2D eigenvalue weighted by Crippen LogP contribution is -2.38. The Bertz CT molecular complexity index is 622. The number of hydrogen-bond donors (Lipinski definition) is 0. The normalized spacial score (nSPS) is 14.4. The zero-order chi connectivity index (χ0) is 17.5. The lowest BCUT2D eigenvalue weighted by molar-refractivity contribution is -0.140. The zero-order valence-electron chi connectivity index (χ0n) is 14.0. The second kappa shape index (κ2) is 8.35. The highest BCUT2D eigenvalue weighted by Gasteiger charge is 2.32. The van der Waals surface area contributed by atoms with E-state index in [1.54, 1.807) is 29.2 Å². The van der Waals surface area contributed by atoms with Gasteiger partial charge in [-0.2, -0.15) is 0 Å². The largest absolute Gasteiger partial charge is 0.494 e. The van der Waals surface area contributed by atoms with Crippen LogP contribution in [0.3, 0.4) is 0 Å². The van der Waals surface area contributed by atoms with Gasteiger partial charge in [-0.1, -0.05) is 6.92 Å². The fraction of sp³-hybridized carbons (Fsp3) is 0.412. The van der Waals surface area contributed by atoms with E-state index >= 15 is 0 Å². The highest BCUT2D eigenvalue weighted by atomic mass is 16.5. The van der Waals surface area contributed by atoms with Crippen molar-refractivity contribution < 1.29 is 28.5 Å². The van der Waals surface area contributed by atoms with E-state index in [-0.39, 0.29) is 24.6 Å². The highest BCUT2D eigenvalue weighted by Crippen LogP contribution is 2.28. The minimum absolute atomic E-state index is 0.00863. The highest BCUT2D eigenvalue weighted by molar-refractivity contribution is 6.03. The molecule has 1 aliphatic rings. The first-order valence-electron chi connectivity index (χ1n) is 7.60. The molecule has 1 aromatic carbocycles. The van der Waals surface area contributed by atoms with Gasteiger partial charge in [0.05, 0.1) is 33.0 Å². The predicted octanol–water partition coefficient (Wildman–Crippen LogP) is 1.87. The van der Waals surface area contributed by atoms with Crippen molar-refractivity contribution in [2.45, 2.75) is 13.3 Å². The second-order valence-electron chi connectivity index (χ2n) is 5.06. The number of anilines is 1. The van der Waals surface area contributed by atoms with Gasteiger partial charge in [0.2, 0.25) is 0 Å². The van der Waals surface area contributed by atoms with Crippen LogP contribution in [0.2, 0.25) is 0 Å². The topological polar surface area (TPSA) is 74.3 Å². The van der Waals surface area contributed by atoms with Crippen LogP contribution in [0, 0.1) is 0 Å². The number of benzene rings is 1. The molecule has 0 bridgehead atoms. The molecule has 0 N–H and O–H groups in total. The number of carbonyl (C=O) groups excluding carboxylic acids is 2. The van der Waals surface area contributed by atoms with E-state index in [4.69, 9.17) is 18.9 Å². The third kappa shape index (κ3) is 3.86. The van der Waals surface area contributed by atoms with Gasteiger partial charge in [0, 0.05) is 5.69 Å². The average Bonchev–Trinajstić information content (AvgIpc) is 2.64. The summed E-state index contributed by atoms with van der Waals surface area (Å²) in [5.41, 5.74) is 0.931. The molecular formula is C17H21NO6. The van der Waals surface area contributed by atoms with Crippen LogP contribution < -0.4 is 9.64 Å². The van der Waals surface area contributed by atoms with Crippen LogP contribution in [-0.2, 0) is 23.8 Å². The maximum Gasteiger partial charge on any atom is 0.355 e. The molecule has 1 aromatic rings. The predicted molar refractivity (Wildman–Crippen MR) is 86.6 cm³/mol. The molecule has 1 aliphatic heterocycles. The quantitative estimate of drug-likeness (QED) is 0.735. The Balaban J connectivity index is 2.35. The summed E-state index contributed by atoms with van der Waals surface area (Å²) in [5.74, 6) is -0.511. The van der Waals surface area contributed by atoms with Gasteiger partial charge < -0.3 is 23.8 Å². The van der Waals surface area contributed by atoms with E-state index in [2.05, 4.69) is 0 Å². The first-order valence-corrected chi connectivity index (χ1v) is 7.60. The summed E-state index contributed by atoms with van der Waals surface area (Å²) in [4.78, 5) is 25.7.